The van der Waals surface area contributed by atoms with Gasteiger partial charge in [-0.2, -0.15) is 15.0 Å². The van der Waals surface area contributed by atoms with E-state index in [4.69, 9.17) is 10.5 Å². The van der Waals surface area contributed by atoms with Gasteiger partial charge in [0.2, 0.25) is 17.8 Å². The summed E-state index contributed by atoms with van der Waals surface area (Å²) in [5, 5.41) is 5.52. The lowest BCUT2D eigenvalue weighted by Gasteiger charge is -2.13. The van der Waals surface area contributed by atoms with Crippen molar-refractivity contribution in [1.29, 1.82) is 0 Å². The van der Waals surface area contributed by atoms with E-state index in [-0.39, 0.29) is 23.8 Å². The van der Waals surface area contributed by atoms with Crippen LogP contribution in [0.3, 0.4) is 0 Å². The second kappa shape index (κ2) is 6.58. The zero-order valence-corrected chi connectivity index (χ0v) is 10.7. The van der Waals surface area contributed by atoms with Crippen molar-refractivity contribution in [3.8, 4) is 6.01 Å². The lowest BCUT2D eigenvalue weighted by Crippen LogP contribution is -2.37. The summed E-state index contributed by atoms with van der Waals surface area (Å²) >= 11 is 0. The fourth-order valence-electron chi connectivity index (χ4n) is 1.22. The first-order chi connectivity index (χ1) is 8.56. The van der Waals surface area contributed by atoms with Gasteiger partial charge >= 0.3 is 6.01 Å². The maximum atomic E-state index is 11.5. The number of amides is 1. The van der Waals surface area contributed by atoms with Gasteiger partial charge in [0, 0.05) is 6.54 Å². The lowest BCUT2D eigenvalue weighted by atomic mass is 10.3. The van der Waals surface area contributed by atoms with E-state index in [1.807, 2.05) is 13.8 Å². The number of nitrogens with two attached hydrogens (primary N) is 1. The van der Waals surface area contributed by atoms with E-state index in [1.165, 1.54) is 0 Å². The van der Waals surface area contributed by atoms with Crippen molar-refractivity contribution < 1.29 is 9.53 Å². The van der Waals surface area contributed by atoms with Crippen LogP contribution in [0.4, 0.5) is 11.9 Å². The molecule has 1 rings (SSSR count). The maximum absolute atomic E-state index is 11.5. The fourth-order valence-corrected chi connectivity index (χ4v) is 1.22. The predicted molar refractivity (Wildman–Crippen MR) is 67.2 cm³/mol. The number of nitrogens with one attached hydrogen (secondary N) is 2. The van der Waals surface area contributed by atoms with E-state index in [1.54, 1.807) is 6.92 Å². The summed E-state index contributed by atoms with van der Waals surface area (Å²) in [6, 6.07) is -0.336. The number of carbonyl (C=O) groups is 1. The Morgan fingerprint density at radius 1 is 1.39 bits per heavy atom. The Morgan fingerprint density at radius 3 is 2.72 bits per heavy atom. The van der Waals surface area contributed by atoms with Crippen LogP contribution in [0.5, 0.6) is 6.01 Å². The third kappa shape index (κ3) is 4.04. The summed E-state index contributed by atoms with van der Waals surface area (Å²) in [5.41, 5.74) is 5.52. The highest BCUT2D eigenvalue weighted by molar-refractivity contribution is 5.83. The number of aromatic nitrogens is 3. The van der Waals surface area contributed by atoms with Crippen LogP contribution in [-0.4, -0.2) is 40.1 Å². The molecule has 100 valence electrons. The number of anilines is 2. The van der Waals surface area contributed by atoms with Crippen LogP contribution in [-0.2, 0) is 4.79 Å². The predicted octanol–water partition coefficient (Wildman–Crippen LogP) is -0.211. The van der Waals surface area contributed by atoms with Gasteiger partial charge in [0.1, 0.15) is 6.04 Å². The van der Waals surface area contributed by atoms with Crippen LogP contribution < -0.4 is 21.1 Å². The van der Waals surface area contributed by atoms with Crippen molar-refractivity contribution in [1.82, 2.24) is 20.3 Å². The van der Waals surface area contributed by atoms with Crippen molar-refractivity contribution in [3.63, 3.8) is 0 Å². The molecule has 1 amide bonds. The van der Waals surface area contributed by atoms with Gasteiger partial charge in [0.25, 0.3) is 0 Å². The first kappa shape index (κ1) is 13.9. The minimum Gasteiger partial charge on any atom is -0.464 e. The molecule has 1 aromatic heterocycles. The van der Waals surface area contributed by atoms with E-state index in [9.17, 15) is 4.79 Å². The molecule has 4 N–H and O–H groups in total. The zero-order valence-electron chi connectivity index (χ0n) is 10.7. The standard InChI is InChI=1S/C10H18N6O2/c1-4-12-7(17)6(3)13-9-14-8(11)15-10(16-9)18-5-2/h6H,4-5H2,1-3H3,(H,12,17)(H3,11,13,14,15,16). The minimum atomic E-state index is -0.471. The van der Waals surface area contributed by atoms with Crippen LogP contribution >= 0.6 is 0 Å². The number of hydrogen-bond donors (Lipinski definition) is 3. The lowest BCUT2D eigenvalue weighted by molar-refractivity contribution is -0.121. The van der Waals surface area contributed by atoms with E-state index < -0.39 is 6.04 Å². The maximum Gasteiger partial charge on any atom is 0.323 e. The first-order valence-corrected chi connectivity index (χ1v) is 5.75. The van der Waals surface area contributed by atoms with Crippen LogP contribution in [0.2, 0.25) is 0 Å². The van der Waals surface area contributed by atoms with Gasteiger partial charge in [-0.15, -0.1) is 0 Å². The molecule has 0 saturated heterocycles. The Morgan fingerprint density at radius 2 is 2.11 bits per heavy atom. The van der Waals surface area contributed by atoms with E-state index in [2.05, 4.69) is 25.6 Å². The van der Waals surface area contributed by atoms with Gasteiger partial charge < -0.3 is 21.1 Å². The monoisotopic (exact) mass is 254 g/mol. The molecule has 1 atom stereocenters. The second-order valence-electron chi connectivity index (χ2n) is 3.49. The minimum absolute atomic E-state index is 0.0408. The zero-order chi connectivity index (χ0) is 13.5. The molecule has 8 nitrogen and oxygen atoms in total. The Balaban J connectivity index is 2.74. The molecule has 1 unspecified atom stereocenters. The molecule has 0 aliphatic rings. The first-order valence-electron chi connectivity index (χ1n) is 5.75. The number of nitrogens with zero attached hydrogens (tertiary/aromatic N) is 3. The third-order valence-corrected chi connectivity index (χ3v) is 2.00. The highest BCUT2D eigenvalue weighted by Crippen LogP contribution is 2.09. The summed E-state index contributed by atoms with van der Waals surface area (Å²) in [7, 11) is 0. The number of ether oxygens (including phenoxy) is 1. The molecule has 0 aliphatic heterocycles. The summed E-state index contributed by atoms with van der Waals surface area (Å²) in [6.07, 6.45) is 0. The van der Waals surface area contributed by atoms with Crippen LogP contribution in [0.25, 0.3) is 0 Å². The molecule has 0 saturated carbocycles. The molecule has 18 heavy (non-hydrogen) atoms. The second-order valence-corrected chi connectivity index (χ2v) is 3.49. The van der Waals surface area contributed by atoms with E-state index in [0.29, 0.717) is 13.2 Å². The molecule has 0 radical (unpaired) electrons. The third-order valence-electron chi connectivity index (χ3n) is 2.00. The molecule has 0 spiro atoms. The highest BCUT2D eigenvalue weighted by Gasteiger charge is 2.14. The largest absolute Gasteiger partial charge is 0.464 e. The van der Waals surface area contributed by atoms with Crippen molar-refractivity contribution >= 4 is 17.8 Å². The van der Waals surface area contributed by atoms with Crippen LogP contribution in [0.15, 0.2) is 0 Å². The average molecular weight is 254 g/mol. The van der Waals surface area contributed by atoms with Gasteiger partial charge in [-0.1, -0.05) is 0 Å². The highest BCUT2D eigenvalue weighted by atomic mass is 16.5. The summed E-state index contributed by atoms with van der Waals surface area (Å²) in [4.78, 5) is 23.2. The molecule has 1 heterocycles. The van der Waals surface area contributed by atoms with Gasteiger partial charge in [-0.05, 0) is 20.8 Å². The Bertz CT molecular complexity index is 411. The fraction of sp³-hybridized carbons (Fsp3) is 0.600. The molecular formula is C10H18N6O2. The number of likely N-dealkylation sites (N-methyl/N-ethyl adjacent to an activating group) is 1. The van der Waals surface area contributed by atoms with Gasteiger partial charge in [-0.3, -0.25) is 4.79 Å². The normalized spacial score (nSPS) is 11.7. The number of nitrogen functional groups attached to an aromatic ring is 1. The smallest absolute Gasteiger partial charge is 0.323 e. The van der Waals surface area contributed by atoms with Crippen LogP contribution in [0, 0.1) is 0 Å². The summed E-state index contributed by atoms with van der Waals surface area (Å²) < 4.78 is 5.13. The Hall–Kier alpha value is -2.12. The molecule has 0 aliphatic carbocycles. The molecule has 0 aromatic carbocycles. The molecular weight excluding hydrogens is 236 g/mol. The van der Waals surface area contributed by atoms with Crippen molar-refractivity contribution in [2.45, 2.75) is 26.8 Å². The average Bonchev–Trinajstić information content (AvgIpc) is 2.28. The number of hydrogen-bond acceptors (Lipinski definition) is 7. The summed E-state index contributed by atoms with van der Waals surface area (Å²) in [6.45, 7) is 6.34. The Labute approximate surface area is 105 Å². The van der Waals surface area contributed by atoms with Gasteiger partial charge in [-0.25, -0.2) is 0 Å². The molecule has 0 fully saturated rings. The van der Waals surface area contributed by atoms with Gasteiger partial charge in [0.05, 0.1) is 6.61 Å². The molecule has 0 bridgehead atoms. The van der Waals surface area contributed by atoms with Crippen LogP contribution in [0.1, 0.15) is 20.8 Å². The van der Waals surface area contributed by atoms with Gasteiger partial charge in [0.15, 0.2) is 0 Å². The molecule has 1 aromatic rings. The number of carbonyl (C=O) groups excluding carboxylic acids is 1. The van der Waals surface area contributed by atoms with E-state index >= 15 is 0 Å². The van der Waals surface area contributed by atoms with Crippen molar-refractivity contribution in [3.05, 3.63) is 0 Å². The Kier molecular flexibility index (Phi) is 5.09. The molecule has 8 heteroatoms. The van der Waals surface area contributed by atoms with Crippen molar-refractivity contribution in [2.24, 2.45) is 0 Å². The quantitative estimate of drug-likeness (QED) is 0.643. The number of rotatable bonds is 6. The van der Waals surface area contributed by atoms with Crippen molar-refractivity contribution in [2.75, 3.05) is 24.2 Å². The summed E-state index contributed by atoms with van der Waals surface area (Å²) in [5.74, 6) is 0.109. The van der Waals surface area contributed by atoms with E-state index in [0.717, 1.165) is 0 Å². The topological polar surface area (TPSA) is 115 Å². The SMILES string of the molecule is CCNC(=O)C(C)Nc1nc(N)nc(OCC)n1.